The van der Waals surface area contributed by atoms with Crippen LogP contribution in [0.25, 0.3) is 0 Å². The highest BCUT2D eigenvalue weighted by atomic mass is 32.2. The molecule has 0 saturated carbocycles. The molecule has 0 spiro atoms. The van der Waals surface area contributed by atoms with Crippen molar-refractivity contribution < 1.29 is 13.2 Å². The molecular formula is C8H9NO3S. The number of anilines is 1. The minimum atomic E-state index is -3.22. The zero-order valence-corrected chi connectivity index (χ0v) is 7.67. The van der Waals surface area contributed by atoms with E-state index in [2.05, 4.69) is 0 Å². The number of hydrogen-bond donors (Lipinski definition) is 1. The first-order valence-corrected chi connectivity index (χ1v) is 5.50. The standard InChI is InChI=1S/C8H9NO3S/c9-6-2-1-3-7-8(6)13(10,11)5-4-12-7/h1-3H,4-5,9H2. The maximum Gasteiger partial charge on any atom is 0.187 e. The Morgan fingerprint density at radius 3 is 2.85 bits per heavy atom. The third kappa shape index (κ3) is 1.25. The lowest BCUT2D eigenvalue weighted by atomic mass is 10.3. The maximum atomic E-state index is 11.5. The summed E-state index contributed by atoms with van der Waals surface area (Å²) >= 11 is 0. The average molecular weight is 199 g/mol. The maximum absolute atomic E-state index is 11.5. The van der Waals surface area contributed by atoms with E-state index in [-0.39, 0.29) is 22.9 Å². The SMILES string of the molecule is Nc1cccc2c1S(=O)(=O)CCO2. The molecule has 0 aliphatic carbocycles. The highest BCUT2D eigenvalue weighted by Crippen LogP contribution is 2.32. The third-order valence-electron chi connectivity index (χ3n) is 1.93. The second-order valence-electron chi connectivity index (χ2n) is 2.84. The minimum Gasteiger partial charge on any atom is -0.491 e. The number of nitrogens with two attached hydrogens (primary N) is 1. The predicted molar refractivity (Wildman–Crippen MR) is 48.4 cm³/mol. The Morgan fingerprint density at radius 1 is 1.38 bits per heavy atom. The Hall–Kier alpha value is -1.23. The van der Waals surface area contributed by atoms with Crippen LogP contribution in [-0.4, -0.2) is 20.8 Å². The fraction of sp³-hybridized carbons (Fsp3) is 0.250. The number of sulfone groups is 1. The molecule has 1 heterocycles. The number of rotatable bonds is 0. The van der Waals surface area contributed by atoms with Gasteiger partial charge in [-0.3, -0.25) is 0 Å². The van der Waals surface area contributed by atoms with Gasteiger partial charge in [-0.2, -0.15) is 0 Å². The van der Waals surface area contributed by atoms with E-state index in [9.17, 15) is 8.42 Å². The molecule has 0 radical (unpaired) electrons. The summed E-state index contributed by atoms with van der Waals surface area (Å²) in [7, 11) is -3.22. The van der Waals surface area contributed by atoms with Gasteiger partial charge in [0, 0.05) is 0 Å². The molecule has 1 aliphatic rings. The van der Waals surface area contributed by atoms with Crippen molar-refractivity contribution in [2.24, 2.45) is 0 Å². The van der Waals surface area contributed by atoms with E-state index in [1.54, 1.807) is 18.2 Å². The van der Waals surface area contributed by atoms with Crippen molar-refractivity contribution in [3.05, 3.63) is 18.2 Å². The number of nitrogen functional groups attached to an aromatic ring is 1. The van der Waals surface area contributed by atoms with Gasteiger partial charge in [0.05, 0.1) is 11.4 Å². The van der Waals surface area contributed by atoms with Crippen LogP contribution in [0.4, 0.5) is 5.69 Å². The monoisotopic (exact) mass is 199 g/mol. The van der Waals surface area contributed by atoms with E-state index in [4.69, 9.17) is 10.5 Å². The molecule has 70 valence electrons. The van der Waals surface area contributed by atoms with E-state index in [1.165, 1.54) is 0 Å². The van der Waals surface area contributed by atoms with Crippen LogP contribution in [0.15, 0.2) is 23.1 Å². The van der Waals surface area contributed by atoms with Gasteiger partial charge in [0.2, 0.25) is 0 Å². The van der Waals surface area contributed by atoms with Crippen molar-refractivity contribution in [2.75, 3.05) is 18.1 Å². The second kappa shape index (κ2) is 2.63. The molecule has 0 unspecified atom stereocenters. The molecule has 0 amide bonds. The molecule has 0 fully saturated rings. The molecule has 0 aromatic heterocycles. The molecule has 0 bridgehead atoms. The molecule has 13 heavy (non-hydrogen) atoms. The Balaban J connectivity index is 2.75. The quantitative estimate of drug-likeness (QED) is 0.615. The minimum absolute atomic E-state index is 0.00815. The molecule has 2 N–H and O–H groups in total. The van der Waals surface area contributed by atoms with Crippen molar-refractivity contribution in [2.45, 2.75) is 4.90 Å². The van der Waals surface area contributed by atoms with Crippen LogP contribution in [0.1, 0.15) is 0 Å². The van der Waals surface area contributed by atoms with Crippen molar-refractivity contribution in [1.29, 1.82) is 0 Å². The van der Waals surface area contributed by atoms with Crippen molar-refractivity contribution in [3.8, 4) is 5.75 Å². The Labute approximate surface area is 76.2 Å². The zero-order chi connectivity index (χ0) is 9.47. The van der Waals surface area contributed by atoms with Gasteiger partial charge in [-0.15, -0.1) is 0 Å². The molecule has 1 aliphatic heterocycles. The zero-order valence-electron chi connectivity index (χ0n) is 6.86. The van der Waals surface area contributed by atoms with Gasteiger partial charge in [-0.25, -0.2) is 8.42 Å². The number of benzene rings is 1. The van der Waals surface area contributed by atoms with Gasteiger partial charge in [0.25, 0.3) is 0 Å². The highest BCUT2D eigenvalue weighted by Gasteiger charge is 2.26. The normalized spacial score (nSPS) is 18.8. The fourth-order valence-corrected chi connectivity index (χ4v) is 2.71. The lowest BCUT2D eigenvalue weighted by molar-refractivity contribution is 0.323. The number of ether oxygens (including phenoxy) is 1. The van der Waals surface area contributed by atoms with Crippen LogP contribution in [0, 0.1) is 0 Å². The Kier molecular flexibility index (Phi) is 1.69. The Bertz CT molecular complexity index is 439. The topological polar surface area (TPSA) is 69.4 Å². The smallest absolute Gasteiger partial charge is 0.187 e. The van der Waals surface area contributed by atoms with Gasteiger partial charge >= 0.3 is 0 Å². The molecule has 0 saturated heterocycles. The van der Waals surface area contributed by atoms with Gasteiger partial charge in [0.15, 0.2) is 9.84 Å². The summed E-state index contributed by atoms with van der Waals surface area (Å²) in [5.41, 5.74) is 5.82. The van der Waals surface area contributed by atoms with Crippen LogP contribution >= 0.6 is 0 Å². The number of hydrogen-bond acceptors (Lipinski definition) is 4. The molecular weight excluding hydrogens is 190 g/mol. The predicted octanol–water partition coefficient (Wildman–Crippen LogP) is 0.435. The van der Waals surface area contributed by atoms with Crippen LogP contribution in [0.2, 0.25) is 0 Å². The van der Waals surface area contributed by atoms with Crippen molar-refractivity contribution in [1.82, 2.24) is 0 Å². The summed E-state index contributed by atoms with van der Waals surface area (Å²) in [5.74, 6) is 0.375. The van der Waals surface area contributed by atoms with E-state index < -0.39 is 9.84 Å². The Morgan fingerprint density at radius 2 is 2.15 bits per heavy atom. The largest absolute Gasteiger partial charge is 0.491 e. The number of fused-ring (bicyclic) bond motifs is 1. The van der Waals surface area contributed by atoms with Gasteiger partial charge < -0.3 is 10.5 Å². The summed E-state index contributed by atoms with van der Waals surface area (Å²) in [4.78, 5) is 0.140. The molecule has 5 heteroatoms. The first kappa shape index (κ1) is 8.37. The second-order valence-corrected chi connectivity index (χ2v) is 4.89. The summed E-state index contributed by atoms with van der Waals surface area (Å²) in [6.07, 6.45) is 0. The fourth-order valence-electron chi connectivity index (χ4n) is 1.34. The van der Waals surface area contributed by atoms with E-state index in [0.717, 1.165) is 0 Å². The lowest BCUT2D eigenvalue weighted by Crippen LogP contribution is -2.22. The van der Waals surface area contributed by atoms with Crippen LogP contribution in [0.5, 0.6) is 5.75 Å². The highest BCUT2D eigenvalue weighted by molar-refractivity contribution is 7.91. The molecule has 2 rings (SSSR count). The summed E-state index contributed by atoms with van der Waals surface area (Å²) in [6, 6.07) is 4.85. The van der Waals surface area contributed by atoms with Crippen molar-refractivity contribution in [3.63, 3.8) is 0 Å². The summed E-state index contributed by atoms with van der Waals surface area (Å²) in [6.45, 7) is 0.207. The molecule has 1 aromatic carbocycles. The molecule has 0 atom stereocenters. The van der Waals surface area contributed by atoms with E-state index in [0.29, 0.717) is 5.75 Å². The lowest BCUT2D eigenvalue weighted by Gasteiger charge is -2.18. The van der Waals surface area contributed by atoms with Gasteiger partial charge in [-0.05, 0) is 12.1 Å². The van der Waals surface area contributed by atoms with Gasteiger partial charge in [0.1, 0.15) is 17.3 Å². The van der Waals surface area contributed by atoms with Gasteiger partial charge in [-0.1, -0.05) is 6.07 Å². The summed E-state index contributed by atoms with van der Waals surface area (Å²) < 4.78 is 28.2. The van der Waals surface area contributed by atoms with E-state index >= 15 is 0 Å². The van der Waals surface area contributed by atoms with E-state index in [1.807, 2.05) is 0 Å². The first-order valence-electron chi connectivity index (χ1n) is 3.85. The summed E-state index contributed by atoms with van der Waals surface area (Å²) in [5, 5.41) is 0. The first-order chi connectivity index (χ1) is 6.11. The average Bonchev–Trinajstić information content (AvgIpc) is 2.02. The van der Waals surface area contributed by atoms with Crippen LogP contribution < -0.4 is 10.5 Å². The third-order valence-corrected chi connectivity index (χ3v) is 3.69. The van der Waals surface area contributed by atoms with Crippen LogP contribution in [-0.2, 0) is 9.84 Å². The molecule has 4 nitrogen and oxygen atoms in total. The van der Waals surface area contributed by atoms with Crippen molar-refractivity contribution >= 4 is 15.5 Å². The molecule has 1 aromatic rings. The van der Waals surface area contributed by atoms with Crippen LogP contribution in [0.3, 0.4) is 0 Å².